The van der Waals surface area contributed by atoms with Crippen LogP contribution in [0.3, 0.4) is 0 Å². The molecule has 1 aliphatic carbocycles. The number of hydrogen-bond acceptors (Lipinski definition) is 3. The third-order valence-corrected chi connectivity index (χ3v) is 6.38. The fraction of sp³-hybridized carbons (Fsp3) is 0.905. The lowest BCUT2D eigenvalue weighted by molar-refractivity contribution is -0.139. The van der Waals surface area contributed by atoms with Crippen LogP contribution in [0.5, 0.6) is 0 Å². The van der Waals surface area contributed by atoms with E-state index in [0.29, 0.717) is 6.42 Å². The molecule has 0 aromatic rings. The Kier molecular flexibility index (Phi) is 9.08. The van der Waals surface area contributed by atoms with Gasteiger partial charge in [-0.1, -0.05) is 66.7 Å². The van der Waals surface area contributed by atoms with Gasteiger partial charge < -0.3 is 15.7 Å². The predicted molar refractivity (Wildman–Crippen MR) is 106 cm³/mol. The molecule has 5 nitrogen and oxygen atoms in total. The summed E-state index contributed by atoms with van der Waals surface area (Å²) in [7, 11) is 0. The summed E-state index contributed by atoms with van der Waals surface area (Å²) in [6.45, 7) is 10.2. The van der Waals surface area contributed by atoms with Gasteiger partial charge in [-0.2, -0.15) is 0 Å². The highest BCUT2D eigenvalue weighted by molar-refractivity contribution is 5.83. The van der Waals surface area contributed by atoms with Gasteiger partial charge in [0.05, 0.1) is 6.61 Å². The first-order valence-electron chi connectivity index (χ1n) is 10.3. The summed E-state index contributed by atoms with van der Waals surface area (Å²) in [5.74, 6) is -0.176. The summed E-state index contributed by atoms with van der Waals surface area (Å²) >= 11 is 0. The van der Waals surface area contributed by atoms with E-state index in [9.17, 15) is 9.59 Å². The number of carbonyl (C=O) groups excluding carboxylic acids is 2. The highest BCUT2D eigenvalue weighted by Gasteiger charge is 2.44. The van der Waals surface area contributed by atoms with Crippen LogP contribution in [0, 0.1) is 16.7 Å². The van der Waals surface area contributed by atoms with Crippen molar-refractivity contribution >= 4 is 11.8 Å². The number of aliphatic hydroxyl groups excluding tert-OH is 1. The quantitative estimate of drug-likeness (QED) is 0.614. The Hall–Kier alpha value is -1.10. The first-order valence-corrected chi connectivity index (χ1v) is 10.3. The molecule has 26 heavy (non-hydrogen) atoms. The van der Waals surface area contributed by atoms with Crippen LogP contribution in [0.25, 0.3) is 0 Å². The number of rotatable bonds is 8. The van der Waals surface area contributed by atoms with Gasteiger partial charge in [0.15, 0.2) is 0 Å². The van der Waals surface area contributed by atoms with Crippen LogP contribution in [-0.2, 0) is 9.59 Å². The van der Waals surface area contributed by atoms with Crippen molar-refractivity contribution in [1.82, 2.24) is 10.6 Å². The van der Waals surface area contributed by atoms with Gasteiger partial charge in [-0.25, -0.2) is 0 Å². The van der Waals surface area contributed by atoms with Crippen LogP contribution >= 0.6 is 0 Å². The van der Waals surface area contributed by atoms with Crippen molar-refractivity contribution in [3.05, 3.63) is 0 Å². The van der Waals surface area contributed by atoms with E-state index in [1.807, 2.05) is 20.8 Å². The zero-order valence-corrected chi connectivity index (χ0v) is 17.5. The number of amides is 2. The lowest BCUT2D eigenvalue weighted by Crippen LogP contribution is -2.50. The number of hydrogen-bond donors (Lipinski definition) is 3. The molecular formula is C21H40N2O3. The van der Waals surface area contributed by atoms with Crippen molar-refractivity contribution in [2.45, 2.75) is 92.0 Å². The Morgan fingerprint density at radius 2 is 1.58 bits per heavy atom. The van der Waals surface area contributed by atoms with Crippen LogP contribution < -0.4 is 10.6 Å². The minimum absolute atomic E-state index is 0.0584. The van der Waals surface area contributed by atoms with Crippen molar-refractivity contribution < 1.29 is 14.7 Å². The molecule has 1 unspecified atom stereocenters. The van der Waals surface area contributed by atoms with E-state index in [2.05, 4.69) is 24.5 Å². The summed E-state index contributed by atoms with van der Waals surface area (Å²) < 4.78 is 0. The summed E-state index contributed by atoms with van der Waals surface area (Å²) in [6.07, 6.45) is 8.99. The maximum atomic E-state index is 13.1. The molecule has 0 spiro atoms. The molecule has 0 aliphatic heterocycles. The monoisotopic (exact) mass is 368 g/mol. The minimum atomic E-state index is -0.569. The van der Waals surface area contributed by atoms with Gasteiger partial charge in [-0.05, 0) is 24.7 Å². The van der Waals surface area contributed by atoms with Gasteiger partial charge in [0.25, 0.3) is 0 Å². The second-order valence-corrected chi connectivity index (χ2v) is 9.14. The second kappa shape index (κ2) is 10.3. The summed E-state index contributed by atoms with van der Waals surface area (Å²) in [5, 5.41) is 14.9. The molecule has 0 radical (unpaired) electrons. The maximum Gasteiger partial charge on any atom is 0.226 e. The van der Waals surface area contributed by atoms with Crippen molar-refractivity contribution in [2.24, 2.45) is 16.7 Å². The average Bonchev–Trinajstić information content (AvgIpc) is 2.54. The Morgan fingerprint density at radius 1 is 1.04 bits per heavy atom. The van der Waals surface area contributed by atoms with Gasteiger partial charge in [0, 0.05) is 23.9 Å². The Balaban J connectivity index is 2.68. The van der Waals surface area contributed by atoms with Crippen LogP contribution in [0.15, 0.2) is 0 Å². The molecule has 0 saturated heterocycles. The summed E-state index contributed by atoms with van der Waals surface area (Å²) in [6, 6.07) is 0.281. The largest absolute Gasteiger partial charge is 0.395 e. The highest BCUT2D eigenvalue weighted by atomic mass is 16.3. The third-order valence-electron chi connectivity index (χ3n) is 6.38. The number of carbonyl (C=O) groups is 2. The normalized spacial score (nSPS) is 18.5. The zero-order valence-electron chi connectivity index (χ0n) is 17.5. The molecule has 1 rings (SSSR count). The van der Waals surface area contributed by atoms with Gasteiger partial charge in [0.1, 0.15) is 0 Å². The summed E-state index contributed by atoms with van der Waals surface area (Å²) in [4.78, 5) is 25.2. The first kappa shape index (κ1) is 22.9. The Labute approximate surface area is 159 Å². The van der Waals surface area contributed by atoms with E-state index in [1.165, 1.54) is 32.1 Å². The zero-order chi connectivity index (χ0) is 19.8. The molecule has 1 fully saturated rings. The van der Waals surface area contributed by atoms with Crippen LogP contribution in [0.4, 0.5) is 0 Å². The van der Waals surface area contributed by atoms with E-state index < -0.39 is 5.41 Å². The second-order valence-electron chi connectivity index (χ2n) is 9.14. The Morgan fingerprint density at radius 3 is 2.12 bits per heavy atom. The molecule has 152 valence electrons. The van der Waals surface area contributed by atoms with Gasteiger partial charge in [-0.15, -0.1) is 0 Å². The lowest BCUT2D eigenvalue weighted by Gasteiger charge is -2.42. The van der Waals surface area contributed by atoms with E-state index in [0.717, 1.165) is 12.8 Å². The molecule has 0 aromatic carbocycles. The molecule has 1 atom stereocenters. The topological polar surface area (TPSA) is 78.4 Å². The lowest BCUT2D eigenvalue weighted by atomic mass is 9.63. The van der Waals surface area contributed by atoms with Crippen molar-refractivity contribution in [2.75, 3.05) is 13.2 Å². The minimum Gasteiger partial charge on any atom is -0.395 e. The van der Waals surface area contributed by atoms with Gasteiger partial charge >= 0.3 is 0 Å². The predicted octanol–water partition coefficient (Wildman–Crippen LogP) is 3.40. The van der Waals surface area contributed by atoms with Crippen molar-refractivity contribution in [3.8, 4) is 0 Å². The van der Waals surface area contributed by atoms with Gasteiger partial charge in [-0.3, -0.25) is 9.59 Å². The number of aliphatic hydroxyl groups is 1. The molecule has 0 bridgehead atoms. The third kappa shape index (κ3) is 6.57. The fourth-order valence-electron chi connectivity index (χ4n) is 3.74. The van der Waals surface area contributed by atoms with E-state index in [4.69, 9.17) is 5.11 Å². The molecule has 3 N–H and O–H groups in total. The molecule has 1 aliphatic rings. The van der Waals surface area contributed by atoms with Crippen LogP contribution in [0.1, 0.15) is 86.0 Å². The molecule has 0 aromatic heterocycles. The smallest absolute Gasteiger partial charge is 0.226 e. The van der Waals surface area contributed by atoms with E-state index in [1.54, 1.807) is 0 Å². The van der Waals surface area contributed by atoms with Gasteiger partial charge in [0.2, 0.25) is 11.8 Å². The van der Waals surface area contributed by atoms with Crippen LogP contribution in [-0.4, -0.2) is 36.1 Å². The summed E-state index contributed by atoms with van der Waals surface area (Å²) in [5.41, 5.74) is -0.893. The molecular weight excluding hydrogens is 328 g/mol. The first-order chi connectivity index (χ1) is 12.1. The standard InChI is InChI=1S/C21H40N2O3/c1-16(18(25)22-13-14-24)15-20(2,3)21(4,5)19(26)23-17-11-9-7-6-8-10-12-17/h16-17,24H,6-15H2,1-5H3,(H,22,25)(H,23,26). The van der Waals surface area contributed by atoms with Crippen LogP contribution in [0.2, 0.25) is 0 Å². The SMILES string of the molecule is CC(CC(C)(C)C(C)(C)C(=O)NC1CCCCCCC1)C(=O)NCCO. The maximum absolute atomic E-state index is 13.1. The Bertz CT molecular complexity index is 452. The number of nitrogens with one attached hydrogen (secondary N) is 2. The van der Waals surface area contributed by atoms with Crippen molar-refractivity contribution in [1.29, 1.82) is 0 Å². The molecule has 5 heteroatoms. The average molecular weight is 369 g/mol. The molecule has 1 saturated carbocycles. The van der Waals surface area contributed by atoms with Crippen molar-refractivity contribution in [3.63, 3.8) is 0 Å². The fourth-order valence-corrected chi connectivity index (χ4v) is 3.74. The molecule has 0 heterocycles. The van der Waals surface area contributed by atoms with E-state index in [-0.39, 0.29) is 42.3 Å². The molecule has 2 amide bonds. The van der Waals surface area contributed by atoms with E-state index >= 15 is 0 Å². The highest BCUT2D eigenvalue weighted by Crippen LogP contribution is 2.43.